The summed E-state index contributed by atoms with van der Waals surface area (Å²) in [6.07, 6.45) is 6.07. The smallest absolute Gasteiger partial charge is 0.0509 e. The normalized spacial score (nSPS) is 30.0. The van der Waals surface area contributed by atoms with Gasteiger partial charge in [-0.15, -0.1) is 0 Å². The van der Waals surface area contributed by atoms with Gasteiger partial charge < -0.3 is 15.2 Å². The highest BCUT2D eigenvalue weighted by Crippen LogP contribution is 2.43. The standard InChI is InChI=1S/C13H25NO2/c1-11(12-3-8-16-9-12)14-10-13(6-7-15)4-2-5-13/h11-12,14-15H,2-10H2,1H3. The van der Waals surface area contributed by atoms with Crippen molar-refractivity contribution in [3.8, 4) is 0 Å². The molecular formula is C13H25NO2. The molecular weight excluding hydrogens is 202 g/mol. The summed E-state index contributed by atoms with van der Waals surface area (Å²) in [5, 5.41) is 12.8. The Morgan fingerprint density at radius 1 is 1.50 bits per heavy atom. The number of hydrogen-bond donors (Lipinski definition) is 2. The average molecular weight is 227 g/mol. The number of ether oxygens (including phenoxy) is 1. The average Bonchev–Trinajstić information content (AvgIpc) is 2.74. The number of aliphatic hydroxyl groups is 1. The third-order valence-electron chi connectivity index (χ3n) is 4.53. The van der Waals surface area contributed by atoms with E-state index in [-0.39, 0.29) is 0 Å². The molecule has 0 aromatic heterocycles. The quantitative estimate of drug-likeness (QED) is 0.723. The van der Waals surface area contributed by atoms with E-state index in [1.165, 1.54) is 25.7 Å². The first-order chi connectivity index (χ1) is 7.76. The van der Waals surface area contributed by atoms with Crippen LogP contribution in [0.5, 0.6) is 0 Å². The van der Waals surface area contributed by atoms with E-state index in [4.69, 9.17) is 9.84 Å². The summed E-state index contributed by atoms with van der Waals surface area (Å²) in [5.74, 6) is 0.686. The molecule has 2 fully saturated rings. The maximum absolute atomic E-state index is 9.10. The van der Waals surface area contributed by atoms with Gasteiger partial charge in [-0.1, -0.05) is 6.42 Å². The van der Waals surface area contributed by atoms with Crippen LogP contribution in [0.4, 0.5) is 0 Å². The van der Waals surface area contributed by atoms with Crippen molar-refractivity contribution in [2.75, 3.05) is 26.4 Å². The molecule has 3 nitrogen and oxygen atoms in total. The number of rotatable bonds is 6. The summed E-state index contributed by atoms with van der Waals surface area (Å²) in [6.45, 7) is 5.53. The van der Waals surface area contributed by atoms with Crippen molar-refractivity contribution in [2.24, 2.45) is 11.3 Å². The molecule has 0 aromatic rings. The fraction of sp³-hybridized carbons (Fsp3) is 1.00. The molecule has 0 amide bonds. The Bertz CT molecular complexity index is 210. The third-order valence-corrected chi connectivity index (χ3v) is 4.53. The van der Waals surface area contributed by atoms with Gasteiger partial charge in [-0.25, -0.2) is 0 Å². The van der Waals surface area contributed by atoms with Crippen molar-refractivity contribution in [2.45, 2.75) is 45.1 Å². The van der Waals surface area contributed by atoms with E-state index >= 15 is 0 Å². The molecule has 94 valence electrons. The van der Waals surface area contributed by atoms with Crippen LogP contribution in [-0.2, 0) is 4.74 Å². The lowest BCUT2D eigenvalue weighted by molar-refractivity contribution is 0.0795. The van der Waals surface area contributed by atoms with Gasteiger partial charge in [0, 0.05) is 25.8 Å². The van der Waals surface area contributed by atoms with Gasteiger partial charge >= 0.3 is 0 Å². The molecule has 2 aliphatic rings. The largest absolute Gasteiger partial charge is 0.396 e. The summed E-state index contributed by atoms with van der Waals surface area (Å²) >= 11 is 0. The SMILES string of the molecule is CC(NCC1(CCO)CCC1)C1CCOC1. The Balaban J connectivity index is 1.72. The van der Waals surface area contributed by atoms with Crippen LogP contribution in [0.25, 0.3) is 0 Å². The van der Waals surface area contributed by atoms with Gasteiger partial charge in [0.15, 0.2) is 0 Å². The Morgan fingerprint density at radius 3 is 2.81 bits per heavy atom. The molecule has 2 unspecified atom stereocenters. The van der Waals surface area contributed by atoms with Crippen LogP contribution in [0.3, 0.4) is 0 Å². The van der Waals surface area contributed by atoms with Gasteiger partial charge in [0.05, 0.1) is 6.61 Å². The molecule has 0 spiro atoms. The number of hydrogen-bond acceptors (Lipinski definition) is 3. The number of nitrogens with one attached hydrogen (secondary N) is 1. The molecule has 3 heteroatoms. The van der Waals surface area contributed by atoms with Crippen LogP contribution >= 0.6 is 0 Å². The van der Waals surface area contributed by atoms with Crippen molar-refractivity contribution in [3.63, 3.8) is 0 Å². The molecule has 2 N–H and O–H groups in total. The van der Waals surface area contributed by atoms with Crippen LogP contribution in [0.15, 0.2) is 0 Å². The predicted octanol–water partition coefficient (Wildman–Crippen LogP) is 1.55. The molecule has 1 heterocycles. The predicted molar refractivity (Wildman–Crippen MR) is 64.4 cm³/mol. The maximum atomic E-state index is 9.10. The first-order valence-electron chi connectivity index (χ1n) is 6.68. The van der Waals surface area contributed by atoms with Crippen LogP contribution in [0.1, 0.15) is 39.0 Å². The third kappa shape index (κ3) is 2.76. The minimum Gasteiger partial charge on any atom is -0.396 e. The van der Waals surface area contributed by atoms with Gasteiger partial charge in [0.2, 0.25) is 0 Å². The fourth-order valence-electron chi connectivity index (χ4n) is 2.92. The van der Waals surface area contributed by atoms with Crippen molar-refractivity contribution < 1.29 is 9.84 Å². The van der Waals surface area contributed by atoms with Crippen LogP contribution in [0, 0.1) is 11.3 Å². The lowest BCUT2D eigenvalue weighted by Gasteiger charge is -2.43. The summed E-state index contributed by atoms with van der Waals surface area (Å²) in [6, 6.07) is 0.554. The lowest BCUT2D eigenvalue weighted by Crippen LogP contribution is -2.45. The molecule has 0 bridgehead atoms. The van der Waals surface area contributed by atoms with E-state index in [0.29, 0.717) is 24.0 Å². The monoisotopic (exact) mass is 227 g/mol. The van der Waals surface area contributed by atoms with Gasteiger partial charge in [-0.05, 0) is 43.9 Å². The zero-order chi connectivity index (χ0) is 11.4. The molecule has 1 aliphatic carbocycles. The van der Waals surface area contributed by atoms with E-state index in [0.717, 1.165) is 26.2 Å². The van der Waals surface area contributed by atoms with Gasteiger partial charge in [0.1, 0.15) is 0 Å². The molecule has 0 aromatic carbocycles. The second-order valence-corrected chi connectivity index (χ2v) is 5.62. The molecule has 1 saturated carbocycles. The minimum absolute atomic E-state index is 0.336. The number of aliphatic hydroxyl groups excluding tert-OH is 1. The Morgan fingerprint density at radius 2 is 2.31 bits per heavy atom. The van der Waals surface area contributed by atoms with Gasteiger partial charge in [-0.2, -0.15) is 0 Å². The molecule has 0 radical (unpaired) electrons. The zero-order valence-electron chi connectivity index (χ0n) is 10.4. The van der Waals surface area contributed by atoms with Gasteiger partial charge in [-0.3, -0.25) is 0 Å². The topological polar surface area (TPSA) is 41.5 Å². The lowest BCUT2D eigenvalue weighted by atomic mass is 9.66. The summed E-state index contributed by atoms with van der Waals surface area (Å²) in [7, 11) is 0. The van der Waals surface area contributed by atoms with Gasteiger partial charge in [0.25, 0.3) is 0 Å². The molecule has 1 saturated heterocycles. The molecule has 2 atom stereocenters. The van der Waals surface area contributed by atoms with Crippen LogP contribution < -0.4 is 5.32 Å². The Kier molecular flexibility index (Phi) is 4.22. The van der Waals surface area contributed by atoms with Crippen molar-refractivity contribution >= 4 is 0 Å². The summed E-state index contributed by atoms with van der Waals surface area (Å²) < 4.78 is 5.42. The molecule has 1 aliphatic heterocycles. The zero-order valence-corrected chi connectivity index (χ0v) is 10.4. The maximum Gasteiger partial charge on any atom is 0.0509 e. The Hall–Kier alpha value is -0.120. The van der Waals surface area contributed by atoms with E-state index < -0.39 is 0 Å². The van der Waals surface area contributed by atoms with E-state index in [9.17, 15) is 0 Å². The highest BCUT2D eigenvalue weighted by Gasteiger charge is 2.36. The summed E-state index contributed by atoms with van der Waals surface area (Å²) in [4.78, 5) is 0. The first-order valence-corrected chi connectivity index (χ1v) is 6.68. The van der Waals surface area contributed by atoms with Crippen molar-refractivity contribution in [1.29, 1.82) is 0 Å². The molecule has 16 heavy (non-hydrogen) atoms. The fourth-order valence-corrected chi connectivity index (χ4v) is 2.92. The summed E-state index contributed by atoms with van der Waals surface area (Å²) in [5.41, 5.74) is 0.405. The highest BCUT2D eigenvalue weighted by molar-refractivity contribution is 4.90. The van der Waals surface area contributed by atoms with E-state index in [2.05, 4.69) is 12.2 Å². The van der Waals surface area contributed by atoms with Crippen LogP contribution in [0.2, 0.25) is 0 Å². The van der Waals surface area contributed by atoms with Crippen molar-refractivity contribution in [1.82, 2.24) is 5.32 Å². The molecule has 2 rings (SSSR count). The minimum atomic E-state index is 0.336. The van der Waals surface area contributed by atoms with Crippen molar-refractivity contribution in [3.05, 3.63) is 0 Å². The Labute approximate surface area is 98.6 Å². The van der Waals surface area contributed by atoms with E-state index in [1.807, 2.05) is 0 Å². The highest BCUT2D eigenvalue weighted by atomic mass is 16.5. The second kappa shape index (κ2) is 5.48. The second-order valence-electron chi connectivity index (χ2n) is 5.62. The van der Waals surface area contributed by atoms with Crippen LogP contribution in [-0.4, -0.2) is 37.5 Å². The van der Waals surface area contributed by atoms with E-state index in [1.54, 1.807) is 0 Å². The first kappa shape index (κ1) is 12.3.